The summed E-state index contributed by atoms with van der Waals surface area (Å²) in [5.74, 6) is -1.27. The number of amides is 2. The Morgan fingerprint density at radius 3 is 2.58 bits per heavy atom. The molecule has 1 heterocycles. The fourth-order valence-electron chi connectivity index (χ4n) is 2.77. The number of hydrazine groups is 1. The van der Waals surface area contributed by atoms with Crippen LogP contribution >= 0.6 is 27.5 Å². The molecule has 10 heteroatoms. The second kappa shape index (κ2) is 9.84. The van der Waals surface area contributed by atoms with E-state index in [1.54, 1.807) is 43.3 Å². The summed E-state index contributed by atoms with van der Waals surface area (Å²) >= 11 is 9.78. The predicted octanol–water partition coefficient (Wildman–Crippen LogP) is 3.51. The number of para-hydroxylation sites is 1. The van der Waals surface area contributed by atoms with E-state index in [2.05, 4.69) is 26.1 Å². The van der Waals surface area contributed by atoms with Crippen LogP contribution in [0.3, 0.4) is 0 Å². The van der Waals surface area contributed by atoms with Gasteiger partial charge in [-0.2, -0.15) is 0 Å². The number of ether oxygens (including phenoxy) is 3. The maximum absolute atomic E-state index is 12.8. The molecule has 1 N–H and O–H groups in total. The third kappa shape index (κ3) is 4.83. The average molecular weight is 510 g/mol. The van der Waals surface area contributed by atoms with Crippen LogP contribution < -0.4 is 19.9 Å². The molecule has 0 unspecified atom stereocenters. The van der Waals surface area contributed by atoms with Gasteiger partial charge in [0.15, 0.2) is 18.1 Å². The number of nitrogens with zero attached hydrogens (tertiary/aromatic N) is 1. The molecule has 0 saturated carbocycles. The van der Waals surface area contributed by atoms with Crippen LogP contribution in [0.15, 0.2) is 46.4 Å². The van der Waals surface area contributed by atoms with Gasteiger partial charge in [0.2, 0.25) is 0 Å². The van der Waals surface area contributed by atoms with Crippen LogP contribution in [0.1, 0.15) is 12.5 Å². The van der Waals surface area contributed by atoms with Crippen molar-refractivity contribution >= 4 is 57.1 Å². The Hall–Kier alpha value is -3.04. The van der Waals surface area contributed by atoms with Gasteiger partial charge in [-0.1, -0.05) is 29.8 Å². The van der Waals surface area contributed by atoms with Crippen LogP contribution in [-0.2, 0) is 19.1 Å². The summed E-state index contributed by atoms with van der Waals surface area (Å²) in [4.78, 5) is 36.7. The highest BCUT2D eigenvalue weighted by molar-refractivity contribution is 9.10. The molecule has 0 spiro atoms. The second-order valence-electron chi connectivity index (χ2n) is 6.19. The van der Waals surface area contributed by atoms with E-state index in [-0.39, 0.29) is 28.7 Å². The minimum Gasteiger partial charge on any atom is -0.490 e. The Labute approximate surface area is 191 Å². The number of nitrogens with one attached hydrogen (secondary N) is 1. The standard InChI is InChI=1S/C21H18BrClN2O6/c1-3-30-15-10-12(17(22)18(23)19(15)31-11-16(26)29-2)9-14-20(27)24-25(21(14)28)13-7-5-4-6-8-13/h4-10H,3,11H2,1-2H3,(H,24,27)/b14-9-. The van der Waals surface area contributed by atoms with Crippen molar-refractivity contribution in [1.82, 2.24) is 5.43 Å². The molecule has 0 radical (unpaired) electrons. The smallest absolute Gasteiger partial charge is 0.343 e. The van der Waals surface area contributed by atoms with Crippen LogP contribution in [0, 0.1) is 0 Å². The molecule has 162 valence electrons. The van der Waals surface area contributed by atoms with Crippen molar-refractivity contribution in [3.63, 3.8) is 0 Å². The zero-order valence-corrected chi connectivity index (χ0v) is 19.0. The molecule has 1 saturated heterocycles. The van der Waals surface area contributed by atoms with Gasteiger partial charge in [-0.25, -0.2) is 9.80 Å². The molecule has 0 bridgehead atoms. The number of carbonyl (C=O) groups is 3. The molecule has 2 amide bonds. The Morgan fingerprint density at radius 2 is 1.94 bits per heavy atom. The first-order chi connectivity index (χ1) is 14.9. The highest BCUT2D eigenvalue weighted by Crippen LogP contribution is 2.43. The molecule has 2 aromatic rings. The zero-order valence-electron chi connectivity index (χ0n) is 16.6. The number of rotatable bonds is 7. The van der Waals surface area contributed by atoms with Crippen molar-refractivity contribution in [2.24, 2.45) is 0 Å². The fourth-order valence-corrected chi connectivity index (χ4v) is 3.43. The first kappa shape index (κ1) is 22.6. The van der Waals surface area contributed by atoms with Crippen molar-refractivity contribution in [3.05, 3.63) is 57.0 Å². The van der Waals surface area contributed by atoms with E-state index in [4.69, 9.17) is 21.1 Å². The van der Waals surface area contributed by atoms with E-state index in [0.29, 0.717) is 22.3 Å². The van der Waals surface area contributed by atoms with E-state index in [1.165, 1.54) is 18.2 Å². The summed E-state index contributed by atoms with van der Waals surface area (Å²) in [5, 5.41) is 1.29. The van der Waals surface area contributed by atoms with Crippen molar-refractivity contribution in [3.8, 4) is 11.5 Å². The summed E-state index contributed by atoms with van der Waals surface area (Å²) in [6.07, 6.45) is 1.41. The molecule has 0 atom stereocenters. The normalized spacial score (nSPS) is 14.6. The van der Waals surface area contributed by atoms with Crippen molar-refractivity contribution in [2.75, 3.05) is 25.3 Å². The SMILES string of the molecule is CCOc1cc(/C=C2/C(=O)NN(c3ccccc3)C2=O)c(Br)c(Cl)c1OCC(=O)OC. The minimum absolute atomic E-state index is 0.0775. The Kier molecular flexibility index (Phi) is 7.19. The lowest BCUT2D eigenvalue weighted by molar-refractivity contribution is -0.143. The number of anilines is 1. The molecule has 31 heavy (non-hydrogen) atoms. The number of halogens is 2. The summed E-state index contributed by atoms with van der Waals surface area (Å²) in [5.41, 5.74) is 3.41. The van der Waals surface area contributed by atoms with Crippen molar-refractivity contribution in [2.45, 2.75) is 6.92 Å². The lowest BCUT2D eigenvalue weighted by Crippen LogP contribution is -2.35. The van der Waals surface area contributed by atoms with Crippen LogP contribution in [-0.4, -0.2) is 38.1 Å². The number of methoxy groups -OCH3 is 1. The van der Waals surface area contributed by atoms with Crippen LogP contribution in [0.4, 0.5) is 5.69 Å². The maximum atomic E-state index is 12.8. The predicted molar refractivity (Wildman–Crippen MR) is 118 cm³/mol. The van der Waals surface area contributed by atoms with Gasteiger partial charge in [0.1, 0.15) is 10.6 Å². The lowest BCUT2D eigenvalue weighted by Gasteiger charge is -2.16. The number of hydrogen-bond acceptors (Lipinski definition) is 6. The Bertz CT molecular complexity index is 1060. The topological polar surface area (TPSA) is 94.2 Å². The summed E-state index contributed by atoms with van der Waals surface area (Å²) in [6.45, 7) is 1.70. The number of carbonyl (C=O) groups excluding carboxylic acids is 3. The first-order valence-electron chi connectivity index (χ1n) is 9.14. The van der Waals surface area contributed by atoms with E-state index in [0.717, 1.165) is 0 Å². The van der Waals surface area contributed by atoms with Gasteiger partial charge in [0.05, 0.1) is 19.4 Å². The third-order valence-electron chi connectivity index (χ3n) is 4.22. The van der Waals surface area contributed by atoms with Gasteiger partial charge < -0.3 is 14.2 Å². The lowest BCUT2D eigenvalue weighted by atomic mass is 10.1. The highest BCUT2D eigenvalue weighted by Gasteiger charge is 2.34. The summed E-state index contributed by atoms with van der Waals surface area (Å²) < 4.78 is 16.0. The largest absolute Gasteiger partial charge is 0.490 e. The molecule has 1 aliphatic rings. The quantitative estimate of drug-likeness (QED) is 0.349. The van der Waals surface area contributed by atoms with Gasteiger partial charge in [-0.15, -0.1) is 0 Å². The molecular formula is C21H18BrClN2O6. The second-order valence-corrected chi connectivity index (χ2v) is 7.36. The average Bonchev–Trinajstić information content (AvgIpc) is 3.05. The molecule has 3 rings (SSSR count). The molecule has 1 fully saturated rings. The van der Waals surface area contributed by atoms with Gasteiger partial charge in [-0.05, 0) is 52.7 Å². The van der Waals surface area contributed by atoms with Crippen LogP contribution in [0.2, 0.25) is 5.02 Å². The number of esters is 1. The highest BCUT2D eigenvalue weighted by atomic mass is 79.9. The van der Waals surface area contributed by atoms with Crippen LogP contribution in [0.5, 0.6) is 11.5 Å². The molecule has 0 aromatic heterocycles. The van der Waals surface area contributed by atoms with Gasteiger partial charge >= 0.3 is 5.97 Å². The summed E-state index contributed by atoms with van der Waals surface area (Å²) in [7, 11) is 1.24. The zero-order chi connectivity index (χ0) is 22.5. The summed E-state index contributed by atoms with van der Waals surface area (Å²) in [6, 6.07) is 10.3. The molecule has 1 aliphatic heterocycles. The molecule has 2 aromatic carbocycles. The Morgan fingerprint density at radius 1 is 1.23 bits per heavy atom. The Balaban J connectivity index is 1.98. The van der Waals surface area contributed by atoms with E-state index in [9.17, 15) is 14.4 Å². The van der Waals surface area contributed by atoms with Gasteiger partial charge in [0.25, 0.3) is 11.8 Å². The van der Waals surface area contributed by atoms with Gasteiger partial charge in [-0.3, -0.25) is 15.0 Å². The van der Waals surface area contributed by atoms with Crippen molar-refractivity contribution < 1.29 is 28.6 Å². The number of benzene rings is 2. The minimum atomic E-state index is -0.588. The molecular weight excluding hydrogens is 492 g/mol. The van der Waals surface area contributed by atoms with Gasteiger partial charge in [0, 0.05) is 4.47 Å². The monoisotopic (exact) mass is 508 g/mol. The first-order valence-corrected chi connectivity index (χ1v) is 10.3. The van der Waals surface area contributed by atoms with Crippen molar-refractivity contribution in [1.29, 1.82) is 0 Å². The fraction of sp³-hybridized carbons (Fsp3) is 0.190. The maximum Gasteiger partial charge on any atom is 0.343 e. The van der Waals surface area contributed by atoms with Crippen LogP contribution in [0.25, 0.3) is 6.08 Å². The third-order valence-corrected chi connectivity index (χ3v) is 5.67. The number of hydrogen-bond donors (Lipinski definition) is 1. The van der Waals surface area contributed by atoms with E-state index in [1.807, 2.05) is 0 Å². The molecule has 0 aliphatic carbocycles. The van der Waals surface area contributed by atoms with E-state index >= 15 is 0 Å². The van der Waals surface area contributed by atoms with E-state index < -0.39 is 17.8 Å². The molecule has 8 nitrogen and oxygen atoms in total.